The number of nitrogens with zero attached hydrogens (tertiary/aromatic N) is 1. The Hall–Kier alpha value is -0.810. The number of carbonyl (C=O) groups excluding carboxylic acids is 1. The Kier molecular flexibility index (Phi) is 5.72. The third-order valence-electron chi connectivity index (χ3n) is 4.70. The summed E-state index contributed by atoms with van der Waals surface area (Å²) >= 11 is 0. The molecule has 1 heterocycles. The van der Waals surface area contributed by atoms with Gasteiger partial charge in [-0.25, -0.2) is 4.79 Å². The lowest BCUT2D eigenvalue weighted by atomic mass is 9.92. The highest BCUT2D eigenvalue weighted by molar-refractivity contribution is 5.69. The molecule has 1 amide bonds. The second-order valence-corrected chi connectivity index (χ2v) is 7.84. The van der Waals surface area contributed by atoms with Crippen molar-refractivity contribution in [1.29, 1.82) is 0 Å². The summed E-state index contributed by atoms with van der Waals surface area (Å²) in [7, 11) is 0. The van der Waals surface area contributed by atoms with Crippen molar-refractivity contribution in [2.24, 2.45) is 0 Å². The summed E-state index contributed by atoms with van der Waals surface area (Å²) in [5.74, 6) is 0. The normalized spacial score (nSPS) is 31.1. The number of hydrogen-bond donors (Lipinski definition) is 2. The summed E-state index contributed by atoms with van der Waals surface area (Å²) in [4.78, 5) is 14.2. The van der Waals surface area contributed by atoms with Gasteiger partial charge in [0.1, 0.15) is 5.60 Å². The molecule has 1 saturated heterocycles. The third-order valence-corrected chi connectivity index (χ3v) is 4.70. The molecule has 0 bridgehead atoms. The van der Waals surface area contributed by atoms with Gasteiger partial charge in [0.05, 0.1) is 12.1 Å². The maximum atomic E-state index is 12.4. The van der Waals surface area contributed by atoms with Crippen molar-refractivity contribution in [2.75, 3.05) is 6.54 Å². The minimum Gasteiger partial charge on any atom is -0.444 e. The molecule has 2 fully saturated rings. The minimum absolute atomic E-state index is 0.127. The first-order valence-corrected chi connectivity index (χ1v) is 8.70. The number of likely N-dealkylation sites (tertiary alicyclic amines) is 1. The molecule has 22 heavy (non-hydrogen) atoms. The summed E-state index contributed by atoms with van der Waals surface area (Å²) in [5, 5.41) is 13.3. The Balaban J connectivity index is 1.88. The second kappa shape index (κ2) is 7.18. The van der Waals surface area contributed by atoms with Gasteiger partial charge < -0.3 is 20.1 Å². The van der Waals surface area contributed by atoms with Crippen LogP contribution in [0.3, 0.4) is 0 Å². The van der Waals surface area contributed by atoms with Crippen molar-refractivity contribution >= 4 is 6.09 Å². The van der Waals surface area contributed by atoms with E-state index in [1.807, 2.05) is 25.7 Å². The first-order valence-electron chi connectivity index (χ1n) is 8.70. The number of nitrogens with one attached hydrogen (secondary N) is 1. The number of carbonyl (C=O) groups is 1. The van der Waals surface area contributed by atoms with Gasteiger partial charge in [-0.1, -0.05) is 0 Å². The number of aliphatic hydroxyl groups excluding tert-OH is 1. The first kappa shape index (κ1) is 17.5. The number of aliphatic hydroxyl groups is 1. The summed E-state index contributed by atoms with van der Waals surface area (Å²) in [6, 6.07) is 0.927. The number of hydrogen-bond acceptors (Lipinski definition) is 4. The molecule has 0 spiro atoms. The molecule has 0 aromatic heterocycles. The highest BCUT2D eigenvalue weighted by Gasteiger charge is 2.36. The van der Waals surface area contributed by atoms with Crippen LogP contribution in [0.25, 0.3) is 0 Å². The fourth-order valence-corrected chi connectivity index (χ4v) is 3.58. The van der Waals surface area contributed by atoms with E-state index in [4.69, 9.17) is 4.74 Å². The van der Waals surface area contributed by atoms with E-state index in [0.717, 1.165) is 45.1 Å². The molecule has 2 atom stereocenters. The van der Waals surface area contributed by atoms with Crippen LogP contribution in [-0.4, -0.2) is 52.5 Å². The zero-order valence-corrected chi connectivity index (χ0v) is 14.5. The Labute approximate surface area is 134 Å². The van der Waals surface area contributed by atoms with E-state index in [0.29, 0.717) is 6.04 Å². The average Bonchev–Trinajstić information content (AvgIpc) is 2.89. The van der Waals surface area contributed by atoms with Gasteiger partial charge >= 0.3 is 6.09 Å². The minimum atomic E-state index is -0.444. The van der Waals surface area contributed by atoms with Crippen molar-refractivity contribution in [3.63, 3.8) is 0 Å². The average molecular weight is 312 g/mol. The molecule has 5 nitrogen and oxygen atoms in total. The molecule has 0 aromatic rings. The van der Waals surface area contributed by atoms with E-state index in [1.54, 1.807) is 0 Å². The van der Waals surface area contributed by atoms with Crippen LogP contribution in [0, 0.1) is 0 Å². The predicted molar refractivity (Wildman–Crippen MR) is 86.8 cm³/mol. The smallest absolute Gasteiger partial charge is 0.410 e. The van der Waals surface area contributed by atoms with Crippen LogP contribution in [0.4, 0.5) is 4.79 Å². The van der Waals surface area contributed by atoms with Crippen LogP contribution in [0.15, 0.2) is 0 Å². The SMILES string of the molecule is CC(NC1CCC(O)CC1)C1CCCN1C(=O)OC(C)(C)C. The van der Waals surface area contributed by atoms with E-state index in [9.17, 15) is 9.90 Å². The molecule has 2 rings (SSSR count). The lowest BCUT2D eigenvalue weighted by molar-refractivity contribution is 0.0193. The quantitative estimate of drug-likeness (QED) is 0.841. The monoisotopic (exact) mass is 312 g/mol. The van der Waals surface area contributed by atoms with Crippen LogP contribution in [0.2, 0.25) is 0 Å². The molecule has 0 aromatic carbocycles. The topological polar surface area (TPSA) is 61.8 Å². The largest absolute Gasteiger partial charge is 0.444 e. The maximum Gasteiger partial charge on any atom is 0.410 e. The van der Waals surface area contributed by atoms with E-state index in [2.05, 4.69) is 12.2 Å². The van der Waals surface area contributed by atoms with Crippen molar-refractivity contribution in [3.8, 4) is 0 Å². The van der Waals surface area contributed by atoms with Gasteiger partial charge in [0, 0.05) is 18.6 Å². The van der Waals surface area contributed by atoms with Crippen molar-refractivity contribution < 1.29 is 14.6 Å². The number of ether oxygens (including phenoxy) is 1. The predicted octanol–water partition coefficient (Wildman–Crippen LogP) is 2.67. The van der Waals surface area contributed by atoms with E-state index < -0.39 is 5.60 Å². The lowest BCUT2D eigenvalue weighted by Crippen LogP contribution is -2.52. The van der Waals surface area contributed by atoms with E-state index >= 15 is 0 Å². The van der Waals surface area contributed by atoms with Crippen molar-refractivity contribution in [3.05, 3.63) is 0 Å². The molecule has 0 radical (unpaired) electrons. The van der Waals surface area contributed by atoms with E-state index in [-0.39, 0.29) is 24.3 Å². The van der Waals surface area contributed by atoms with Crippen LogP contribution >= 0.6 is 0 Å². The van der Waals surface area contributed by atoms with E-state index in [1.165, 1.54) is 0 Å². The van der Waals surface area contributed by atoms with Crippen LogP contribution < -0.4 is 5.32 Å². The van der Waals surface area contributed by atoms with Gasteiger partial charge in [-0.2, -0.15) is 0 Å². The molecule has 2 N–H and O–H groups in total. The van der Waals surface area contributed by atoms with Gasteiger partial charge in [-0.15, -0.1) is 0 Å². The molecule has 2 aliphatic rings. The molecular weight excluding hydrogens is 280 g/mol. The Morgan fingerprint density at radius 3 is 2.45 bits per heavy atom. The molecule has 1 aliphatic carbocycles. The Bertz CT molecular complexity index is 373. The maximum absolute atomic E-state index is 12.4. The van der Waals surface area contributed by atoms with Gasteiger partial charge in [0.15, 0.2) is 0 Å². The summed E-state index contributed by atoms with van der Waals surface area (Å²) in [6.07, 6.45) is 5.55. The lowest BCUT2D eigenvalue weighted by Gasteiger charge is -2.35. The standard InChI is InChI=1S/C17H32N2O3/c1-12(18-13-7-9-14(20)10-8-13)15-6-5-11-19(15)16(21)22-17(2,3)4/h12-15,18,20H,5-11H2,1-4H3. The zero-order valence-electron chi connectivity index (χ0n) is 14.5. The van der Waals surface area contributed by atoms with Gasteiger partial charge in [-0.3, -0.25) is 0 Å². The van der Waals surface area contributed by atoms with Crippen molar-refractivity contribution in [2.45, 2.75) is 96.1 Å². The molecular formula is C17H32N2O3. The molecule has 128 valence electrons. The second-order valence-electron chi connectivity index (χ2n) is 7.84. The third kappa shape index (κ3) is 4.85. The van der Waals surface area contributed by atoms with Crippen LogP contribution in [-0.2, 0) is 4.74 Å². The fourth-order valence-electron chi connectivity index (χ4n) is 3.58. The number of amides is 1. The highest BCUT2D eigenvalue weighted by atomic mass is 16.6. The van der Waals surface area contributed by atoms with Gasteiger partial charge in [0.2, 0.25) is 0 Å². The highest BCUT2D eigenvalue weighted by Crippen LogP contribution is 2.25. The molecule has 5 heteroatoms. The molecule has 1 saturated carbocycles. The summed E-state index contributed by atoms with van der Waals surface area (Å²) < 4.78 is 5.53. The summed E-state index contributed by atoms with van der Waals surface area (Å²) in [6.45, 7) is 8.67. The molecule has 2 unspecified atom stereocenters. The number of rotatable bonds is 3. The Morgan fingerprint density at radius 1 is 1.23 bits per heavy atom. The Morgan fingerprint density at radius 2 is 1.86 bits per heavy atom. The van der Waals surface area contributed by atoms with Crippen LogP contribution in [0.1, 0.15) is 66.2 Å². The van der Waals surface area contributed by atoms with Gasteiger partial charge in [0.25, 0.3) is 0 Å². The van der Waals surface area contributed by atoms with Gasteiger partial charge in [-0.05, 0) is 66.2 Å². The zero-order chi connectivity index (χ0) is 16.3. The van der Waals surface area contributed by atoms with Crippen molar-refractivity contribution in [1.82, 2.24) is 10.2 Å². The summed E-state index contributed by atoms with van der Waals surface area (Å²) in [5.41, 5.74) is -0.444. The molecule has 1 aliphatic heterocycles. The fraction of sp³-hybridized carbons (Fsp3) is 0.941. The first-order chi connectivity index (χ1) is 10.3. The van der Waals surface area contributed by atoms with Crippen LogP contribution in [0.5, 0.6) is 0 Å².